The van der Waals surface area contributed by atoms with Crippen molar-refractivity contribution in [1.82, 2.24) is 0 Å². The van der Waals surface area contributed by atoms with Crippen molar-refractivity contribution in [2.75, 3.05) is 0 Å². The van der Waals surface area contributed by atoms with Crippen molar-refractivity contribution in [1.29, 1.82) is 0 Å². The smallest absolute Gasteiger partial charge is 0.250 e. The Kier molecular flexibility index (Phi) is 3.02. The maximum absolute atomic E-state index is 10.1. The summed E-state index contributed by atoms with van der Waals surface area (Å²) in [5, 5.41) is 8.59. The number of hydrogen-bond acceptors (Lipinski definition) is 2. The monoisotopic (exact) mass is 191 g/mol. The van der Waals surface area contributed by atoms with Crippen LogP contribution in [0.15, 0.2) is 0 Å². The van der Waals surface area contributed by atoms with Gasteiger partial charge in [0.15, 0.2) is 6.10 Å². The molecule has 0 spiro atoms. The third-order valence-corrected chi connectivity index (χ3v) is 1.20. The summed E-state index contributed by atoms with van der Waals surface area (Å²) in [6.07, 6.45) is -1.75. The van der Waals surface area contributed by atoms with Crippen LogP contribution in [0.1, 0.15) is 0 Å². The second kappa shape index (κ2) is 2.92. The van der Waals surface area contributed by atoms with Crippen LogP contribution in [0.5, 0.6) is 0 Å². The highest BCUT2D eigenvalue weighted by Gasteiger charge is 2.34. The Morgan fingerprint density at radius 3 is 1.89 bits per heavy atom. The Balaban J connectivity index is 4.04. The minimum absolute atomic E-state index is 1.06. The summed E-state index contributed by atoms with van der Waals surface area (Å²) in [6, 6.07) is 0. The van der Waals surface area contributed by atoms with E-state index in [2.05, 4.69) is 5.73 Å². The van der Waals surface area contributed by atoms with Crippen LogP contribution in [0.2, 0.25) is 0 Å². The number of aliphatic hydroxyl groups is 1. The molecule has 0 aliphatic rings. The summed E-state index contributed by atoms with van der Waals surface area (Å²) in [7, 11) is 0. The fraction of sp³-hybridized carbons (Fsp3) is 0.667. The van der Waals surface area contributed by atoms with Gasteiger partial charge in [0.2, 0.25) is 3.79 Å². The van der Waals surface area contributed by atoms with E-state index in [1.54, 1.807) is 0 Å². The maximum atomic E-state index is 10.1. The first-order chi connectivity index (χ1) is 3.85. The summed E-state index contributed by atoms with van der Waals surface area (Å²) < 4.78 is -2.02. The number of halogens is 3. The van der Waals surface area contributed by atoms with Gasteiger partial charge >= 0.3 is 0 Å². The van der Waals surface area contributed by atoms with E-state index in [1.807, 2.05) is 0 Å². The van der Waals surface area contributed by atoms with Gasteiger partial charge in [0.1, 0.15) is 0 Å². The predicted octanol–water partition coefficient (Wildman–Crippen LogP) is 0.203. The van der Waals surface area contributed by atoms with E-state index in [0.717, 1.165) is 0 Å². The SMILES string of the molecule is NC(=O)[C@@H](O)C(Cl)(Cl)Cl. The van der Waals surface area contributed by atoms with E-state index in [1.165, 1.54) is 0 Å². The average Bonchev–Trinajstić information content (AvgIpc) is 1.62. The van der Waals surface area contributed by atoms with E-state index in [9.17, 15) is 4.79 Å². The van der Waals surface area contributed by atoms with Crippen molar-refractivity contribution in [2.24, 2.45) is 5.73 Å². The zero-order valence-electron chi connectivity index (χ0n) is 4.14. The highest BCUT2D eigenvalue weighted by atomic mass is 35.6. The molecule has 0 aromatic rings. The zero-order chi connectivity index (χ0) is 7.65. The van der Waals surface area contributed by atoms with Crippen LogP contribution < -0.4 is 5.73 Å². The van der Waals surface area contributed by atoms with Gasteiger partial charge in [-0.2, -0.15) is 0 Å². The third kappa shape index (κ3) is 3.11. The van der Waals surface area contributed by atoms with Crippen molar-refractivity contribution in [3.05, 3.63) is 0 Å². The van der Waals surface area contributed by atoms with Gasteiger partial charge in [-0.3, -0.25) is 4.79 Å². The molecule has 0 saturated heterocycles. The maximum Gasteiger partial charge on any atom is 0.250 e. The van der Waals surface area contributed by atoms with Crippen LogP contribution in [0.3, 0.4) is 0 Å². The normalized spacial score (nSPS) is 15.1. The number of carbonyl (C=O) groups excluding carboxylic acids is 1. The molecule has 1 atom stereocenters. The topological polar surface area (TPSA) is 63.3 Å². The number of carbonyl (C=O) groups is 1. The molecule has 0 aliphatic heterocycles. The van der Waals surface area contributed by atoms with Crippen molar-refractivity contribution < 1.29 is 9.90 Å². The molecule has 1 amide bonds. The van der Waals surface area contributed by atoms with Gasteiger partial charge in [0.25, 0.3) is 5.91 Å². The molecule has 3 nitrogen and oxygen atoms in total. The molecule has 6 heteroatoms. The zero-order valence-corrected chi connectivity index (χ0v) is 6.41. The van der Waals surface area contributed by atoms with Crippen molar-refractivity contribution >= 4 is 40.7 Å². The van der Waals surface area contributed by atoms with Crippen LogP contribution in [0.25, 0.3) is 0 Å². The van der Waals surface area contributed by atoms with Crippen LogP contribution in [-0.2, 0) is 4.79 Å². The molecule has 0 rings (SSSR count). The summed E-state index contributed by atoms with van der Waals surface area (Å²) in [6.45, 7) is 0. The Bertz CT molecular complexity index is 121. The second-order valence-electron chi connectivity index (χ2n) is 1.35. The van der Waals surface area contributed by atoms with E-state index in [4.69, 9.17) is 39.9 Å². The summed E-state index contributed by atoms with van der Waals surface area (Å²) in [4.78, 5) is 10.1. The number of rotatable bonds is 1. The summed E-state index contributed by atoms with van der Waals surface area (Å²) in [5.41, 5.74) is 4.58. The van der Waals surface area contributed by atoms with Crippen LogP contribution in [0, 0.1) is 0 Å². The van der Waals surface area contributed by atoms with Crippen LogP contribution in [0.4, 0.5) is 0 Å². The Labute approximate surface area is 66.7 Å². The van der Waals surface area contributed by atoms with Crippen LogP contribution in [-0.4, -0.2) is 20.9 Å². The molecule has 0 bridgehead atoms. The van der Waals surface area contributed by atoms with E-state index < -0.39 is 15.8 Å². The lowest BCUT2D eigenvalue weighted by molar-refractivity contribution is -0.125. The van der Waals surface area contributed by atoms with E-state index in [0.29, 0.717) is 0 Å². The quantitative estimate of drug-likeness (QED) is 0.583. The molecule has 3 N–H and O–H groups in total. The summed E-state index contributed by atoms with van der Waals surface area (Å²) >= 11 is 15.2. The molecule has 0 unspecified atom stereocenters. The minimum Gasteiger partial charge on any atom is -0.379 e. The molecule has 0 saturated carbocycles. The molecule has 0 radical (unpaired) electrons. The molecule has 54 valence electrons. The van der Waals surface area contributed by atoms with Crippen molar-refractivity contribution in [3.63, 3.8) is 0 Å². The first kappa shape index (κ1) is 9.30. The van der Waals surface area contributed by atoms with Gasteiger partial charge in [-0.05, 0) is 0 Å². The van der Waals surface area contributed by atoms with Gasteiger partial charge in [0, 0.05) is 0 Å². The highest BCUT2D eigenvalue weighted by Crippen LogP contribution is 2.29. The third-order valence-electron chi connectivity index (χ3n) is 0.580. The van der Waals surface area contributed by atoms with Crippen molar-refractivity contribution in [3.8, 4) is 0 Å². The Hall–Kier alpha value is 0.300. The molecule has 0 fully saturated rings. The Morgan fingerprint density at radius 2 is 1.89 bits per heavy atom. The molecule has 9 heavy (non-hydrogen) atoms. The number of alkyl halides is 3. The standard InChI is InChI=1S/C3H4Cl3NO2/c4-3(5,6)1(8)2(7)9/h1,8H,(H2,7,9)/t1-/m1/s1. The number of aliphatic hydroxyl groups excluding tert-OH is 1. The predicted molar refractivity (Wildman–Crippen MR) is 35.5 cm³/mol. The first-order valence-electron chi connectivity index (χ1n) is 1.90. The minimum atomic E-state index is -2.02. The number of amides is 1. The van der Waals surface area contributed by atoms with Crippen LogP contribution >= 0.6 is 34.8 Å². The number of nitrogens with two attached hydrogens (primary N) is 1. The lowest BCUT2D eigenvalue weighted by atomic mass is 10.4. The lowest BCUT2D eigenvalue weighted by Crippen LogP contribution is -2.38. The molecule has 0 aromatic carbocycles. The fourth-order valence-corrected chi connectivity index (χ4v) is 0.484. The van der Waals surface area contributed by atoms with Gasteiger partial charge in [-0.25, -0.2) is 0 Å². The summed E-state index contributed by atoms with van der Waals surface area (Å²) in [5.74, 6) is -1.06. The molecule has 0 heterocycles. The van der Waals surface area contributed by atoms with Gasteiger partial charge in [0.05, 0.1) is 0 Å². The molecular weight excluding hydrogens is 188 g/mol. The van der Waals surface area contributed by atoms with E-state index in [-0.39, 0.29) is 0 Å². The van der Waals surface area contributed by atoms with Gasteiger partial charge in [-0.1, -0.05) is 34.8 Å². The number of primary amides is 1. The molecule has 0 aromatic heterocycles. The number of hydrogen-bond donors (Lipinski definition) is 2. The molecule has 0 aliphatic carbocycles. The largest absolute Gasteiger partial charge is 0.379 e. The second-order valence-corrected chi connectivity index (χ2v) is 3.72. The van der Waals surface area contributed by atoms with Gasteiger partial charge < -0.3 is 10.8 Å². The van der Waals surface area contributed by atoms with E-state index >= 15 is 0 Å². The molecular formula is C3H4Cl3NO2. The lowest BCUT2D eigenvalue weighted by Gasteiger charge is -2.14. The van der Waals surface area contributed by atoms with Crippen molar-refractivity contribution in [2.45, 2.75) is 9.90 Å². The highest BCUT2D eigenvalue weighted by molar-refractivity contribution is 6.68. The average molecular weight is 192 g/mol. The fourth-order valence-electron chi connectivity index (χ4n) is 0.161. The Morgan fingerprint density at radius 1 is 1.56 bits per heavy atom. The van der Waals surface area contributed by atoms with Gasteiger partial charge in [-0.15, -0.1) is 0 Å². The first-order valence-corrected chi connectivity index (χ1v) is 3.03.